The first-order valence-electron chi connectivity index (χ1n) is 21.2. The van der Waals surface area contributed by atoms with Gasteiger partial charge in [-0.2, -0.15) is 0 Å². The molecule has 2 aliphatic carbocycles. The van der Waals surface area contributed by atoms with Crippen LogP contribution in [0.5, 0.6) is 17.2 Å². The number of hydrogen-bond donors (Lipinski definition) is 1. The quantitative estimate of drug-likeness (QED) is 0.168. The Kier molecular flexibility index (Phi) is 10.4. The van der Waals surface area contributed by atoms with Gasteiger partial charge < -0.3 is 43.0 Å². The lowest BCUT2D eigenvalue weighted by atomic mass is 9.58. The molecule has 8 saturated heterocycles. The molecule has 4 bridgehead atoms. The molecule has 16 atom stereocenters. The second-order valence-corrected chi connectivity index (χ2v) is 18.3. The SMILES string of the molecule is C[C@H]1[C@@H](OCCCOc2cccc(O)c2OCCCO[C@H]2O[C@@H]3O[C@]4(C)CC[C@H]5[C@H](C)CC[C@@H]([C@H]2C)[C@@]35OO4)O[C@@H]2O[C@]3(C)CC[C@H]4[C@H](C)CC[C@@H]1[C@@]24OO3. The third kappa shape index (κ3) is 6.51. The third-order valence-electron chi connectivity index (χ3n) is 14.8. The summed E-state index contributed by atoms with van der Waals surface area (Å²) in [5.74, 6) is 1.45. The monoisotopic (exact) mass is 774 g/mol. The summed E-state index contributed by atoms with van der Waals surface area (Å²) in [6.45, 7) is 14.4. The van der Waals surface area contributed by atoms with E-state index in [0.717, 1.165) is 51.4 Å². The van der Waals surface area contributed by atoms with Gasteiger partial charge in [-0.25, -0.2) is 19.6 Å². The van der Waals surface area contributed by atoms with E-state index in [4.69, 9.17) is 57.4 Å². The van der Waals surface area contributed by atoms with Gasteiger partial charge in [-0.15, -0.1) is 0 Å². The normalized spacial score (nSPS) is 48.3. The van der Waals surface area contributed by atoms with Gasteiger partial charge in [-0.1, -0.05) is 33.8 Å². The van der Waals surface area contributed by atoms with E-state index in [1.165, 1.54) is 0 Å². The smallest absolute Gasteiger partial charge is 0.203 e. The highest BCUT2D eigenvalue weighted by Crippen LogP contribution is 2.62. The summed E-state index contributed by atoms with van der Waals surface area (Å²) in [7, 11) is 0. The second-order valence-electron chi connectivity index (χ2n) is 18.3. The molecule has 2 saturated carbocycles. The van der Waals surface area contributed by atoms with Crippen LogP contribution in [0.2, 0.25) is 0 Å². The molecule has 0 unspecified atom stereocenters. The highest BCUT2D eigenvalue weighted by molar-refractivity contribution is 5.50. The van der Waals surface area contributed by atoms with E-state index >= 15 is 0 Å². The molecule has 8 heterocycles. The number of phenols is 1. The Morgan fingerprint density at radius 3 is 1.65 bits per heavy atom. The Morgan fingerprint density at radius 1 is 0.618 bits per heavy atom. The molecular weight excluding hydrogens is 712 g/mol. The van der Waals surface area contributed by atoms with Crippen molar-refractivity contribution in [2.24, 2.45) is 47.3 Å². The molecule has 0 amide bonds. The summed E-state index contributed by atoms with van der Waals surface area (Å²) in [6.07, 6.45) is 7.16. The van der Waals surface area contributed by atoms with Gasteiger partial charge >= 0.3 is 0 Å². The summed E-state index contributed by atoms with van der Waals surface area (Å²) in [5, 5.41) is 10.7. The Hall–Kier alpha value is -1.78. The molecule has 10 aliphatic rings. The van der Waals surface area contributed by atoms with E-state index in [1.54, 1.807) is 18.2 Å². The number of rotatable bonds is 12. The molecule has 0 aromatic heterocycles. The minimum absolute atomic E-state index is 0.0256. The Bertz CT molecular complexity index is 1530. The van der Waals surface area contributed by atoms with Crippen molar-refractivity contribution in [1.82, 2.24) is 0 Å². The fourth-order valence-corrected chi connectivity index (χ4v) is 11.8. The maximum absolute atomic E-state index is 10.7. The van der Waals surface area contributed by atoms with Crippen molar-refractivity contribution in [3.63, 3.8) is 0 Å². The zero-order valence-corrected chi connectivity index (χ0v) is 33.4. The van der Waals surface area contributed by atoms with E-state index < -0.39 is 47.9 Å². The van der Waals surface area contributed by atoms with Crippen LogP contribution in [0.4, 0.5) is 0 Å². The van der Waals surface area contributed by atoms with Crippen LogP contribution in [0, 0.1) is 47.3 Å². The topological polar surface area (TPSA) is 131 Å². The summed E-state index contributed by atoms with van der Waals surface area (Å²) in [6, 6.07) is 5.15. The summed E-state index contributed by atoms with van der Waals surface area (Å²) < 4.78 is 50.9. The van der Waals surface area contributed by atoms with Crippen LogP contribution in [0.1, 0.15) is 106 Å². The zero-order chi connectivity index (χ0) is 38.2. The fourth-order valence-electron chi connectivity index (χ4n) is 11.8. The van der Waals surface area contributed by atoms with Crippen molar-refractivity contribution >= 4 is 0 Å². The first-order chi connectivity index (χ1) is 26.5. The predicted molar refractivity (Wildman–Crippen MR) is 194 cm³/mol. The van der Waals surface area contributed by atoms with E-state index in [0.29, 0.717) is 74.4 Å². The molecule has 0 radical (unpaired) electrons. The largest absolute Gasteiger partial charge is 0.504 e. The highest BCUT2D eigenvalue weighted by Gasteiger charge is 2.71. The van der Waals surface area contributed by atoms with Crippen molar-refractivity contribution in [3.8, 4) is 17.2 Å². The molecule has 10 fully saturated rings. The minimum Gasteiger partial charge on any atom is -0.504 e. The number of hydrogen-bond acceptors (Lipinski definition) is 13. The van der Waals surface area contributed by atoms with Gasteiger partial charge in [0.25, 0.3) is 0 Å². The van der Waals surface area contributed by atoms with Gasteiger partial charge in [0.05, 0.1) is 26.4 Å². The van der Waals surface area contributed by atoms with Gasteiger partial charge in [-0.05, 0) is 88.2 Å². The molecule has 1 N–H and O–H groups in total. The lowest BCUT2D eigenvalue weighted by Gasteiger charge is -2.60. The van der Waals surface area contributed by atoms with Crippen molar-refractivity contribution < 1.29 is 62.6 Å². The third-order valence-corrected chi connectivity index (χ3v) is 14.8. The first kappa shape index (κ1) is 38.7. The van der Waals surface area contributed by atoms with Crippen LogP contribution in [0.25, 0.3) is 0 Å². The van der Waals surface area contributed by atoms with Crippen molar-refractivity contribution in [2.45, 2.75) is 154 Å². The Balaban J connectivity index is 0.746. The molecule has 1 aromatic carbocycles. The van der Waals surface area contributed by atoms with E-state index in [1.807, 2.05) is 13.8 Å². The number of ether oxygens (including phenoxy) is 8. The molecule has 308 valence electrons. The molecule has 8 aliphatic heterocycles. The second kappa shape index (κ2) is 14.8. The van der Waals surface area contributed by atoms with Crippen LogP contribution in [0.3, 0.4) is 0 Å². The fraction of sp³-hybridized carbons (Fsp3) is 0.857. The van der Waals surface area contributed by atoms with E-state index in [9.17, 15) is 5.11 Å². The lowest BCUT2D eigenvalue weighted by Crippen LogP contribution is -2.70. The molecule has 13 heteroatoms. The molecular formula is C42H62O13. The van der Waals surface area contributed by atoms with Crippen LogP contribution in [-0.2, 0) is 48.0 Å². The number of fused-ring (bicyclic) bond motifs is 4. The van der Waals surface area contributed by atoms with Crippen molar-refractivity contribution in [3.05, 3.63) is 18.2 Å². The minimum atomic E-state index is -0.820. The number of benzene rings is 1. The summed E-state index contributed by atoms with van der Waals surface area (Å²) in [5.41, 5.74) is -1.22. The van der Waals surface area contributed by atoms with Gasteiger partial charge in [0.2, 0.25) is 17.3 Å². The Labute approximate surface area is 325 Å². The zero-order valence-electron chi connectivity index (χ0n) is 33.4. The van der Waals surface area contributed by atoms with Crippen LogP contribution < -0.4 is 9.47 Å². The van der Waals surface area contributed by atoms with Crippen LogP contribution in [-0.4, -0.2) is 79.5 Å². The highest BCUT2D eigenvalue weighted by atomic mass is 17.3. The molecule has 1 aromatic rings. The van der Waals surface area contributed by atoms with Gasteiger partial charge in [-0.3, -0.25) is 0 Å². The van der Waals surface area contributed by atoms with Crippen molar-refractivity contribution in [2.75, 3.05) is 26.4 Å². The van der Waals surface area contributed by atoms with Crippen LogP contribution in [0.15, 0.2) is 18.2 Å². The maximum atomic E-state index is 10.7. The molecule has 13 nitrogen and oxygen atoms in total. The lowest BCUT2D eigenvalue weighted by molar-refractivity contribution is -0.577. The number of para-hydroxylation sites is 1. The molecule has 11 rings (SSSR count). The average Bonchev–Trinajstić information content (AvgIpc) is 3.54. The Morgan fingerprint density at radius 2 is 1.13 bits per heavy atom. The number of aromatic hydroxyl groups is 1. The summed E-state index contributed by atoms with van der Waals surface area (Å²) in [4.78, 5) is 24.4. The molecule has 2 spiro atoms. The predicted octanol–water partition coefficient (Wildman–Crippen LogP) is 7.38. The molecule has 55 heavy (non-hydrogen) atoms. The van der Waals surface area contributed by atoms with Gasteiger partial charge in [0, 0.05) is 49.4 Å². The standard InChI is InChI=1S/C42H62O13/c1-24-12-14-30-26(3)35(48-37-41(30)28(24)16-18-39(5,50-37)52-54-41)46-22-8-20-44-33-11-7-10-32(43)34(33)45-21-9-23-47-36-27(4)31-15-13-25(2)29-17-19-40(6)51-38(49-36)42(29,31)55-53-40/h7,10-11,24-31,35-38,43H,8-9,12-23H2,1-6H3/t24-,25-,26-,27-,28+,29+,30+,31+,35+,36+,37-,38-,39+,40+,41-,42-/m1/s1. The van der Waals surface area contributed by atoms with Gasteiger partial charge in [0.15, 0.2) is 47.9 Å². The maximum Gasteiger partial charge on any atom is 0.203 e. The number of phenolic OH excluding ortho intramolecular Hbond substituents is 1. The summed E-state index contributed by atoms with van der Waals surface area (Å²) >= 11 is 0. The van der Waals surface area contributed by atoms with Gasteiger partial charge in [0.1, 0.15) is 0 Å². The average molecular weight is 775 g/mol. The first-order valence-corrected chi connectivity index (χ1v) is 21.2. The van der Waals surface area contributed by atoms with Crippen molar-refractivity contribution in [1.29, 1.82) is 0 Å². The van der Waals surface area contributed by atoms with E-state index in [2.05, 4.69) is 27.7 Å². The van der Waals surface area contributed by atoms with Crippen LogP contribution >= 0.6 is 0 Å². The van der Waals surface area contributed by atoms with E-state index in [-0.39, 0.29) is 29.4 Å².